The van der Waals surface area contributed by atoms with Gasteiger partial charge < -0.3 is 0 Å². The standard InChI is InChI=1S/C10H8F2N4S/c11-6-1-2-8(7(12)5-6)17-9-3-4-14-10(15-9)16-13/h1-5H,13H2,(H,14,15,16). The van der Waals surface area contributed by atoms with Crippen LogP contribution in [0, 0.1) is 11.6 Å². The van der Waals surface area contributed by atoms with Crippen molar-refractivity contribution in [3.63, 3.8) is 0 Å². The van der Waals surface area contributed by atoms with E-state index in [1.54, 1.807) is 6.07 Å². The molecule has 3 N–H and O–H groups in total. The molecule has 1 aromatic heterocycles. The number of nitrogens with one attached hydrogen (secondary N) is 1. The molecule has 0 spiro atoms. The Labute approximate surface area is 100 Å². The van der Waals surface area contributed by atoms with Crippen LogP contribution in [0.4, 0.5) is 14.7 Å². The Morgan fingerprint density at radius 1 is 1.24 bits per heavy atom. The van der Waals surface area contributed by atoms with Gasteiger partial charge in [0.15, 0.2) is 0 Å². The minimum Gasteiger partial charge on any atom is -0.292 e. The highest BCUT2D eigenvalue weighted by Crippen LogP contribution is 2.28. The summed E-state index contributed by atoms with van der Waals surface area (Å²) in [7, 11) is 0. The van der Waals surface area contributed by atoms with Crippen molar-refractivity contribution in [1.29, 1.82) is 0 Å². The van der Waals surface area contributed by atoms with Crippen molar-refractivity contribution < 1.29 is 8.78 Å². The SMILES string of the molecule is NNc1nccc(Sc2ccc(F)cc2F)n1. The van der Waals surface area contributed by atoms with Crippen molar-refractivity contribution in [2.75, 3.05) is 5.43 Å². The summed E-state index contributed by atoms with van der Waals surface area (Å²) in [6, 6.07) is 4.97. The number of nitrogens with two attached hydrogens (primary N) is 1. The minimum absolute atomic E-state index is 0.234. The largest absolute Gasteiger partial charge is 0.292 e. The second-order valence-corrected chi connectivity index (χ2v) is 4.10. The molecule has 0 saturated carbocycles. The number of nitrogens with zero attached hydrogens (tertiary/aromatic N) is 2. The van der Waals surface area contributed by atoms with E-state index in [-0.39, 0.29) is 10.8 Å². The second kappa shape index (κ2) is 5.07. The summed E-state index contributed by atoms with van der Waals surface area (Å²) in [5.74, 6) is 4.15. The lowest BCUT2D eigenvalue weighted by Gasteiger charge is -2.03. The number of hydrazine groups is 1. The Hall–Kier alpha value is -1.73. The second-order valence-electron chi connectivity index (χ2n) is 3.04. The molecule has 0 radical (unpaired) electrons. The third-order valence-corrected chi connectivity index (χ3v) is 2.86. The third-order valence-electron chi connectivity index (χ3n) is 1.87. The highest BCUT2D eigenvalue weighted by molar-refractivity contribution is 7.99. The first kappa shape index (κ1) is 11.7. The fourth-order valence-electron chi connectivity index (χ4n) is 1.14. The van der Waals surface area contributed by atoms with E-state index in [0.717, 1.165) is 17.8 Å². The van der Waals surface area contributed by atoms with Crippen LogP contribution in [-0.2, 0) is 0 Å². The molecule has 0 aliphatic heterocycles. The van der Waals surface area contributed by atoms with Gasteiger partial charge in [-0.25, -0.2) is 24.6 Å². The van der Waals surface area contributed by atoms with Crippen LogP contribution in [0.1, 0.15) is 0 Å². The van der Waals surface area contributed by atoms with E-state index in [2.05, 4.69) is 15.4 Å². The van der Waals surface area contributed by atoms with E-state index in [9.17, 15) is 8.78 Å². The predicted octanol–water partition coefficient (Wildman–Crippen LogP) is 2.19. The first-order chi connectivity index (χ1) is 8.19. The maximum absolute atomic E-state index is 13.4. The lowest BCUT2D eigenvalue weighted by atomic mass is 10.3. The summed E-state index contributed by atoms with van der Waals surface area (Å²) in [6.45, 7) is 0. The smallest absolute Gasteiger partial charge is 0.238 e. The van der Waals surface area contributed by atoms with Crippen LogP contribution in [0.25, 0.3) is 0 Å². The molecule has 0 aliphatic rings. The van der Waals surface area contributed by atoms with Gasteiger partial charge in [0.05, 0.1) is 0 Å². The van der Waals surface area contributed by atoms with Crippen molar-refractivity contribution >= 4 is 17.7 Å². The zero-order valence-electron chi connectivity index (χ0n) is 8.52. The number of halogens is 2. The fourth-order valence-corrected chi connectivity index (χ4v) is 1.92. The number of hydrogen-bond acceptors (Lipinski definition) is 5. The van der Waals surface area contributed by atoms with Crippen molar-refractivity contribution in [3.8, 4) is 0 Å². The Balaban J connectivity index is 2.25. The predicted molar refractivity (Wildman–Crippen MR) is 60.3 cm³/mol. The van der Waals surface area contributed by atoms with Crippen LogP contribution >= 0.6 is 11.8 Å². The topological polar surface area (TPSA) is 63.8 Å². The first-order valence-corrected chi connectivity index (χ1v) is 5.43. The Bertz CT molecular complexity index is 535. The monoisotopic (exact) mass is 254 g/mol. The Morgan fingerprint density at radius 3 is 2.76 bits per heavy atom. The van der Waals surface area contributed by atoms with Gasteiger partial charge in [0.2, 0.25) is 5.95 Å². The summed E-state index contributed by atoms with van der Waals surface area (Å²) >= 11 is 1.06. The molecule has 2 aromatic rings. The molecule has 0 amide bonds. The molecule has 0 bridgehead atoms. The molecule has 0 saturated heterocycles. The van der Waals surface area contributed by atoms with Gasteiger partial charge in [-0.2, -0.15) is 0 Å². The maximum atomic E-state index is 13.4. The highest BCUT2D eigenvalue weighted by Gasteiger charge is 2.07. The molecule has 0 atom stereocenters. The molecule has 0 aliphatic carbocycles. The van der Waals surface area contributed by atoms with E-state index in [0.29, 0.717) is 5.03 Å². The molecule has 4 nitrogen and oxygen atoms in total. The van der Waals surface area contributed by atoms with Crippen molar-refractivity contribution in [2.45, 2.75) is 9.92 Å². The number of nitrogen functional groups attached to an aromatic ring is 1. The van der Waals surface area contributed by atoms with Crippen LogP contribution in [-0.4, -0.2) is 9.97 Å². The molecular formula is C10H8F2N4S. The molecule has 1 aromatic carbocycles. The van der Waals surface area contributed by atoms with E-state index in [4.69, 9.17) is 5.84 Å². The Morgan fingerprint density at radius 2 is 2.06 bits per heavy atom. The molecule has 17 heavy (non-hydrogen) atoms. The molecule has 88 valence electrons. The van der Waals surface area contributed by atoms with Gasteiger partial charge >= 0.3 is 0 Å². The van der Waals surface area contributed by atoms with E-state index >= 15 is 0 Å². The van der Waals surface area contributed by atoms with E-state index in [1.165, 1.54) is 18.3 Å². The summed E-state index contributed by atoms with van der Waals surface area (Å²) in [5, 5.41) is 0.512. The lowest BCUT2D eigenvalue weighted by Crippen LogP contribution is -2.10. The normalized spacial score (nSPS) is 10.3. The average molecular weight is 254 g/mol. The molecule has 2 rings (SSSR count). The number of hydrogen-bond donors (Lipinski definition) is 2. The maximum Gasteiger partial charge on any atom is 0.238 e. The summed E-state index contributed by atoms with van der Waals surface area (Å²) in [6.07, 6.45) is 1.49. The third kappa shape index (κ3) is 2.89. The van der Waals surface area contributed by atoms with Gasteiger partial charge in [-0.15, -0.1) is 0 Å². The van der Waals surface area contributed by atoms with Crippen LogP contribution in [0.15, 0.2) is 40.4 Å². The lowest BCUT2D eigenvalue weighted by molar-refractivity contribution is 0.565. The highest BCUT2D eigenvalue weighted by atomic mass is 32.2. The van der Waals surface area contributed by atoms with Crippen molar-refractivity contribution in [3.05, 3.63) is 42.1 Å². The fraction of sp³-hybridized carbons (Fsp3) is 0. The quantitative estimate of drug-likeness (QED) is 0.499. The summed E-state index contributed by atoms with van der Waals surface area (Å²) in [5.41, 5.74) is 2.29. The van der Waals surface area contributed by atoms with Crippen LogP contribution in [0.2, 0.25) is 0 Å². The minimum atomic E-state index is -0.629. The van der Waals surface area contributed by atoms with Gasteiger partial charge in [0.1, 0.15) is 16.7 Å². The molecule has 0 unspecified atom stereocenters. The van der Waals surface area contributed by atoms with E-state index in [1.807, 2.05) is 0 Å². The molecule has 1 heterocycles. The van der Waals surface area contributed by atoms with Gasteiger partial charge in [0.25, 0.3) is 0 Å². The van der Waals surface area contributed by atoms with Gasteiger partial charge in [-0.05, 0) is 18.2 Å². The Kier molecular flexibility index (Phi) is 3.50. The number of benzene rings is 1. The van der Waals surface area contributed by atoms with Crippen molar-refractivity contribution in [2.24, 2.45) is 5.84 Å². The van der Waals surface area contributed by atoms with Gasteiger partial charge in [-0.3, -0.25) is 5.43 Å². The van der Waals surface area contributed by atoms with Crippen LogP contribution in [0.5, 0.6) is 0 Å². The summed E-state index contributed by atoms with van der Waals surface area (Å²) in [4.78, 5) is 8.11. The summed E-state index contributed by atoms with van der Waals surface area (Å²) < 4.78 is 26.1. The van der Waals surface area contributed by atoms with Crippen LogP contribution < -0.4 is 11.3 Å². The number of rotatable bonds is 3. The molecular weight excluding hydrogens is 246 g/mol. The zero-order chi connectivity index (χ0) is 12.3. The van der Waals surface area contributed by atoms with Crippen molar-refractivity contribution in [1.82, 2.24) is 9.97 Å². The van der Waals surface area contributed by atoms with Gasteiger partial charge in [0, 0.05) is 17.2 Å². The average Bonchev–Trinajstić information content (AvgIpc) is 2.33. The zero-order valence-corrected chi connectivity index (χ0v) is 9.34. The van der Waals surface area contributed by atoms with Gasteiger partial charge in [-0.1, -0.05) is 11.8 Å². The number of aromatic nitrogens is 2. The molecule has 7 heteroatoms. The van der Waals surface area contributed by atoms with E-state index < -0.39 is 11.6 Å². The first-order valence-electron chi connectivity index (χ1n) is 4.61. The van der Waals surface area contributed by atoms with Crippen LogP contribution in [0.3, 0.4) is 0 Å². The molecule has 0 fully saturated rings. The number of anilines is 1.